The standard InChI is InChI=1S/C30H33FN4O3.C2H6.CHF3/c1-30(37,21-8-13-28-20(16-21)17-32-35(28)23-11-9-22(31)10-12-23)27-19-33(2)18-26-24(27)6-5-7-25(26)29(36)34(3)14-15-38-4;1-2;2-1(3)4/h5-13,16,19,32,37H,14-15,17-18H2,1-4H3;1-2H3;1H. The summed E-state index contributed by atoms with van der Waals surface area (Å²) in [6.45, 7) is 4.23. The molecule has 0 spiro atoms. The molecule has 44 heavy (non-hydrogen) atoms. The molecule has 1 amide bonds. The third kappa shape index (κ3) is 7.77. The van der Waals surface area contributed by atoms with E-state index >= 15 is 0 Å². The molecule has 0 saturated heterocycles. The van der Waals surface area contributed by atoms with E-state index in [1.165, 1.54) is 12.1 Å². The van der Waals surface area contributed by atoms with Crippen LogP contribution in [0.3, 0.4) is 0 Å². The van der Waals surface area contributed by atoms with Crippen molar-refractivity contribution in [3.8, 4) is 0 Å². The van der Waals surface area contributed by atoms with Crippen LogP contribution >= 0.6 is 0 Å². The fraction of sp³-hybridized carbons (Fsp3) is 0.364. The molecule has 0 saturated carbocycles. The fourth-order valence-corrected chi connectivity index (χ4v) is 5.19. The van der Waals surface area contributed by atoms with E-state index < -0.39 is 12.3 Å². The SMILES string of the molecule is CC.COCCN(C)C(=O)c1cccc2c1CN(C)C=C2C(C)(O)c1ccc2c(c1)CNN2c1ccc(F)cc1.FC(F)F. The Kier molecular flexibility index (Phi) is 11.9. The molecule has 5 rings (SSSR count). The summed E-state index contributed by atoms with van der Waals surface area (Å²) in [5.74, 6) is -0.352. The van der Waals surface area contributed by atoms with E-state index in [2.05, 4.69) is 5.43 Å². The number of benzene rings is 3. The van der Waals surface area contributed by atoms with E-state index in [1.54, 1.807) is 38.1 Å². The number of hydrogen-bond donors (Lipinski definition) is 2. The highest BCUT2D eigenvalue weighted by Crippen LogP contribution is 2.43. The number of nitrogens with one attached hydrogen (secondary N) is 1. The summed E-state index contributed by atoms with van der Waals surface area (Å²) in [5, 5.41) is 13.9. The van der Waals surface area contributed by atoms with Crippen LogP contribution in [-0.4, -0.2) is 61.8 Å². The van der Waals surface area contributed by atoms with Crippen LogP contribution in [0.5, 0.6) is 0 Å². The van der Waals surface area contributed by atoms with Crippen LogP contribution < -0.4 is 10.4 Å². The van der Waals surface area contributed by atoms with E-state index in [0.717, 1.165) is 39.2 Å². The second-order valence-corrected chi connectivity index (χ2v) is 10.3. The Hall–Kier alpha value is -3.93. The van der Waals surface area contributed by atoms with E-state index in [1.807, 2.05) is 73.4 Å². The van der Waals surface area contributed by atoms with Crippen molar-refractivity contribution in [1.29, 1.82) is 0 Å². The van der Waals surface area contributed by atoms with Gasteiger partial charge in [0.05, 0.1) is 18.0 Å². The van der Waals surface area contributed by atoms with Crippen LogP contribution in [0.2, 0.25) is 0 Å². The van der Waals surface area contributed by atoms with E-state index in [-0.39, 0.29) is 11.7 Å². The molecule has 238 valence electrons. The molecule has 1 atom stereocenters. The van der Waals surface area contributed by atoms with E-state index in [4.69, 9.17) is 4.74 Å². The largest absolute Gasteiger partial charge is 0.383 e. The average molecular weight is 617 g/mol. The fourth-order valence-electron chi connectivity index (χ4n) is 5.19. The zero-order valence-corrected chi connectivity index (χ0v) is 25.9. The number of rotatable bonds is 7. The second kappa shape index (κ2) is 15.2. The van der Waals surface area contributed by atoms with Crippen molar-refractivity contribution in [2.75, 3.05) is 39.4 Å². The maximum atomic E-state index is 13.4. The second-order valence-electron chi connectivity index (χ2n) is 10.3. The number of aliphatic hydroxyl groups is 1. The number of nitrogens with zero attached hydrogens (tertiary/aromatic N) is 3. The zero-order valence-electron chi connectivity index (χ0n) is 25.9. The van der Waals surface area contributed by atoms with E-state index in [0.29, 0.717) is 31.8 Å². The van der Waals surface area contributed by atoms with Crippen molar-refractivity contribution >= 4 is 22.9 Å². The predicted molar refractivity (Wildman–Crippen MR) is 165 cm³/mol. The Morgan fingerprint density at radius 1 is 1.11 bits per heavy atom. The van der Waals surface area contributed by atoms with Gasteiger partial charge in [0.1, 0.15) is 11.4 Å². The van der Waals surface area contributed by atoms with Crippen LogP contribution in [-0.2, 0) is 23.4 Å². The molecule has 11 heteroatoms. The number of likely N-dealkylation sites (N-methyl/N-ethyl adjacent to an activating group) is 1. The molecule has 3 aromatic rings. The first-order chi connectivity index (χ1) is 20.9. The number of methoxy groups -OCH3 is 1. The highest BCUT2D eigenvalue weighted by molar-refractivity contribution is 5.97. The van der Waals surface area contributed by atoms with Gasteiger partial charge in [-0.25, -0.2) is 9.82 Å². The first kappa shape index (κ1) is 34.6. The van der Waals surface area contributed by atoms with Crippen LogP contribution in [0.15, 0.2) is 66.9 Å². The summed E-state index contributed by atoms with van der Waals surface area (Å²) in [6.07, 6.45) is 1.96. The first-order valence-corrected chi connectivity index (χ1v) is 14.3. The Labute approximate surface area is 256 Å². The molecular weight excluding hydrogens is 576 g/mol. The summed E-state index contributed by atoms with van der Waals surface area (Å²) >= 11 is 0. The molecule has 7 nitrogen and oxygen atoms in total. The molecule has 2 aliphatic heterocycles. The van der Waals surface area contributed by atoms with Gasteiger partial charge in [0.25, 0.3) is 5.91 Å². The Balaban J connectivity index is 0.000000816. The van der Waals surface area contributed by atoms with Gasteiger partial charge in [-0.05, 0) is 71.6 Å². The number of halogens is 4. The van der Waals surface area contributed by atoms with Crippen molar-refractivity contribution in [1.82, 2.24) is 15.2 Å². The number of anilines is 2. The zero-order chi connectivity index (χ0) is 32.6. The lowest BCUT2D eigenvalue weighted by atomic mass is 9.79. The Morgan fingerprint density at radius 2 is 1.77 bits per heavy atom. The molecule has 2 N–H and O–H groups in total. The van der Waals surface area contributed by atoms with E-state index in [9.17, 15) is 27.5 Å². The van der Waals surface area contributed by atoms with Crippen LogP contribution in [0.4, 0.5) is 28.9 Å². The highest BCUT2D eigenvalue weighted by Gasteiger charge is 2.35. The van der Waals surface area contributed by atoms with Crippen LogP contribution in [0.25, 0.3) is 5.57 Å². The van der Waals surface area contributed by atoms with Gasteiger partial charge in [0.15, 0.2) is 0 Å². The lowest BCUT2D eigenvalue weighted by Crippen LogP contribution is -2.33. The summed E-state index contributed by atoms with van der Waals surface area (Å²) in [5.41, 5.74) is 8.72. The molecule has 0 aromatic heterocycles. The number of carbonyl (C=O) groups excluding carboxylic acids is 1. The Bertz CT molecular complexity index is 1440. The molecular formula is C33H40F4N4O3. The van der Waals surface area contributed by atoms with Gasteiger partial charge < -0.3 is 19.6 Å². The average Bonchev–Trinajstić information content (AvgIpc) is 3.43. The number of hydrazine groups is 1. The molecule has 3 aromatic carbocycles. The van der Waals surface area contributed by atoms with Gasteiger partial charge >= 0.3 is 6.68 Å². The molecule has 2 heterocycles. The van der Waals surface area contributed by atoms with Gasteiger partial charge in [0.2, 0.25) is 0 Å². The number of fused-ring (bicyclic) bond motifs is 2. The number of ether oxygens (including phenoxy) is 1. The number of amides is 1. The molecule has 2 aliphatic rings. The summed E-state index contributed by atoms with van der Waals surface area (Å²) in [4.78, 5) is 17.0. The van der Waals surface area contributed by atoms with Crippen molar-refractivity contribution in [3.05, 3.63) is 100 Å². The lowest BCUT2D eigenvalue weighted by Gasteiger charge is -2.35. The summed E-state index contributed by atoms with van der Waals surface area (Å²) in [6, 6.07) is 17.9. The third-order valence-electron chi connectivity index (χ3n) is 7.35. The minimum Gasteiger partial charge on any atom is -0.383 e. The number of hydrogen-bond acceptors (Lipinski definition) is 6. The quantitative estimate of drug-likeness (QED) is 0.292. The van der Waals surface area contributed by atoms with Crippen molar-refractivity contribution in [3.63, 3.8) is 0 Å². The number of carbonyl (C=O) groups is 1. The lowest BCUT2D eigenvalue weighted by molar-refractivity contribution is 0.00818. The molecule has 0 radical (unpaired) electrons. The molecule has 0 fully saturated rings. The smallest absolute Gasteiger partial charge is 0.379 e. The topological polar surface area (TPSA) is 68.3 Å². The van der Waals surface area contributed by atoms with Gasteiger partial charge in [-0.2, -0.15) is 13.2 Å². The van der Waals surface area contributed by atoms with Gasteiger partial charge in [-0.1, -0.05) is 32.0 Å². The minimum absolute atomic E-state index is 0.0716. The third-order valence-corrected chi connectivity index (χ3v) is 7.35. The monoisotopic (exact) mass is 616 g/mol. The minimum atomic E-state index is -3.67. The maximum Gasteiger partial charge on any atom is 0.379 e. The highest BCUT2D eigenvalue weighted by atomic mass is 19.4. The van der Waals surface area contributed by atoms with Crippen molar-refractivity contribution in [2.24, 2.45) is 0 Å². The van der Waals surface area contributed by atoms with Gasteiger partial charge in [-0.15, -0.1) is 0 Å². The summed E-state index contributed by atoms with van der Waals surface area (Å²) < 4.78 is 47.6. The first-order valence-electron chi connectivity index (χ1n) is 14.3. The van der Waals surface area contributed by atoms with Gasteiger partial charge in [-0.3, -0.25) is 9.80 Å². The maximum absolute atomic E-state index is 13.4. The molecule has 0 aliphatic carbocycles. The molecule has 0 bridgehead atoms. The van der Waals surface area contributed by atoms with Gasteiger partial charge in [0, 0.05) is 58.2 Å². The van der Waals surface area contributed by atoms with Crippen LogP contribution in [0, 0.1) is 5.82 Å². The predicted octanol–water partition coefficient (Wildman–Crippen LogP) is 6.60. The number of alkyl halides is 3. The summed E-state index contributed by atoms with van der Waals surface area (Å²) in [7, 11) is 5.34. The van der Waals surface area contributed by atoms with Crippen molar-refractivity contribution < 1.29 is 32.2 Å². The Morgan fingerprint density at radius 3 is 2.41 bits per heavy atom. The van der Waals surface area contributed by atoms with Crippen molar-refractivity contribution in [2.45, 2.75) is 46.1 Å². The normalized spacial score (nSPS) is 14.8. The molecule has 1 unspecified atom stereocenters. The van der Waals surface area contributed by atoms with Crippen LogP contribution in [0.1, 0.15) is 53.4 Å².